The van der Waals surface area contributed by atoms with E-state index in [1.807, 2.05) is 18.3 Å². The van der Waals surface area contributed by atoms with Crippen LogP contribution in [-0.2, 0) is 0 Å². The molecule has 0 fully saturated rings. The van der Waals surface area contributed by atoms with Crippen molar-refractivity contribution in [1.82, 2.24) is 4.48 Å². The molecule has 1 heterocycles. The van der Waals surface area contributed by atoms with E-state index in [-0.39, 0.29) is 0 Å². The molecule has 0 aliphatic heterocycles. The first-order valence-corrected chi connectivity index (χ1v) is 9.27. The van der Waals surface area contributed by atoms with Crippen LogP contribution in [0.1, 0.15) is 63.4 Å². The highest BCUT2D eigenvalue weighted by Gasteiger charge is 2.22. The van der Waals surface area contributed by atoms with Crippen LogP contribution in [0.2, 0.25) is 6.82 Å². The van der Waals surface area contributed by atoms with E-state index < -0.39 is 7.12 Å². The number of nitrogens with zero attached hydrogens (tertiary/aromatic N) is 1. The molecule has 2 nitrogen and oxygen atoms in total. The minimum absolute atomic E-state index is 0.725. The topological polar surface area (TPSA) is 30.9 Å². The largest absolute Gasteiger partial charge is 0.462 e. The van der Waals surface area contributed by atoms with Gasteiger partial charge in [0.25, 0.3) is 0 Å². The molecule has 1 aromatic heterocycles. The van der Waals surface area contributed by atoms with Gasteiger partial charge in [-0.1, -0.05) is 24.6 Å². The van der Waals surface area contributed by atoms with E-state index in [2.05, 4.69) is 39.5 Å². The van der Waals surface area contributed by atoms with Crippen LogP contribution in [0, 0.1) is 13.8 Å². The Morgan fingerprint density at radius 1 is 1.24 bits per heavy atom. The van der Waals surface area contributed by atoms with E-state index in [1.54, 1.807) is 6.82 Å². The minimum atomic E-state index is -1.04. The molecule has 2 N–H and O–H groups in total. The van der Waals surface area contributed by atoms with Crippen LogP contribution in [-0.4, -0.2) is 18.1 Å². The Balaban J connectivity index is 3.45. The zero-order valence-electron chi connectivity index (χ0n) is 16.9. The van der Waals surface area contributed by atoms with Gasteiger partial charge in [-0.3, -0.25) is 0 Å². The SMILES string of the molecule is C=C(C)/C=C(C)\C(C)=C(/CCCCCN)c1c(C)cc(C)n1B(C)F. The molecule has 138 valence electrons. The third-order valence-corrected chi connectivity index (χ3v) is 4.70. The highest BCUT2D eigenvalue weighted by atomic mass is 19.1. The fourth-order valence-corrected chi connectivity index (χ4v) is 3.48. The first-order valence-electron chi connectivity index (χ1n) is 9.27. The maximum atomic E-state index is 14.3. The summed E-state index contributed by atoms with van der Waals surface area (Å²) in [4.78, 5) is 0. The molecule has 0 radical (unpaired) electrons. The van der Waals surface area contributed by atoms with Gasteiger partial charge in [0.05, 0.1) is 0 Å². The fourth-order valence-electron chi connectivity index (χ4n) is 3.48. The molecule has 0 saturated heterocycles. The highest BCUT2D eigenvalue weighted by Crippen LogP contribution is 2.33. The van der Waals surface area contributed by atoms with Gasteiger partial charge in [-0.15, -0.1) is 0 Å². The molecular formula is C21H34BFN2. The first-order chi connectivity index (χ1) is 11.7. The monoisotopic (exact) mass is 344 g/mol. The molecule has 4 heteroatoms. The second kappa shape index (κ2) is 9.81. The lowest BCUT2D eigenvalue weighted by Crippen LogP contribution is -2.19. The average Bonchev–Trinajstić information content (AvgIpc) is 2.80. The summed E-state index contributed by atoms with van der Waals surface area (Å²) >= 11 is 0. The summed E-state index contributed by atoms with van der Waals surface area (Å²) in [5.41, 5.74) is 13.4. The quantitative estimate of drug-likeness (QED) is 0.340. The second-order valence-electron chi connectivity index (χ2n) is 7.14. The third kappa shape index (κ3) is 5.74. The number of unbranched alkanes of at least 4 members (excludes halogenated alkanes) is 2. The van der Waals surface area contributed by atoms with Crippen LogP contribution in [0.3, 0.4) is 0 Å². The number of hydrogen-bond donors (Lipinski definition) is 1. The Kier molecular flexibility index (Phi) is 8.44. The zero-order valence-corrected chi connectivity index (χ0v) is 16.9. The molecular weight excluding hydrogens is 310 g/mol. The Labute approximate surface area is 153 Å². The minimum Gasteiger partial charge on any atom is -0.360 e. The maximum Gasteiger partial charge on any atom is 0.462 e. The van der Waals surface area contributed by atoms with E-state index in [9.17, 15) is 4.32 Å². The molecule has 0 unspecified atom stereocenters. The molecule has 0 saturated carbocycles. The Morgan fingerprint density at radius 3 is 2.40 bits per heavy atom. The number of halogens is 1. The van der Waals surface area contributed by atoms with Gasteiger partial charge in [0, 0.05) is 11.4 Å². The van der Waals surface area contributed by atoms with Crippen LogP contribution in [0.4, 0.5) is 4.32 Å². The van der Waals surface area contributed by atoms with E-state index in [0.717, 1.165) is 54.8 Å². The van der Waals surface area contributed by atoms with Gasteiger partial charge in [-0.25, -0.2) is 0 Å². The van der Waals surface area contributed by atoms with Crippen LogP contribution >= 0.6 is 0 Å². The van der Waals surface area contributed by atoms with Crippen molar-refractivity contribution in [2.24, 2.45) is 5.73 Å². The number of aromatic nitrogens is 1. The fraction of sp³-hybridized carbons (Fsp3) is 0.524. The predicted molar refractivity (Wildman–Crippen MR) is 111 cm³/mol. The van der Waals surface area contributed by atoms with Crippen LogP contribution < -0.4 is 5.73 Å². The van der Waals surface area contributed by atoms with Gasteiger partial charge in [0.15, 0.2) is 0 Å². The van der Waals surface area contributed by atoms with Crippen molar-refractivity contribution in [3.8, 4) is 0 Å². The number of hydrogen-bond acceptors (Lipinski definition) is 1. The highest BCUT2D eigenvalue weighted by molar-refractivity contribution is 6.48. The summed E-state index contributed by atoms with van der Waals surface area (Å²) in [6, 6.07) is 2.08. The predicted octanol–water partition coefficient (Wildman–Crippen LogP) is 5.86. The van der Waals surface area contributed by atoms with Crippen molar-refractivity contribution in [3.05, 3.63) is 52.4 Å². The second-order valence-corrected chi connectivity index (χ2v) is 7.14. The Bertz CT molecular complexity index is 666. The molecule has 1 rings (SSSR count). The van der Waals surface area contributed by atoms with Gasteiger partial charge < -0.3 is 14.5 Å². The lowest BCUT2D eigenvalue weighted by Gasteiger charge is -2.19. The van der Waals surface area contributed by atoms with E-state index in [1.165, 1.54) is 16.7 Å². The molecule has 1 aromatic rings. The smallest absolute Gasteiger partial charge is 0.360 e. The average molecular weight is 344 g/mol. The summed E-state index contributed by atoms with van der Waals surface area (Å²) in [5.74, 6) is 0. The molecule has 0 bridgehead atoms. The molecule has 0 spiro atoms. The van der Waals surface area contributed by atoms with E-state index in [4.69, 9.17) is 5.73 Å². The van der Waals surface area contributed by atoms with Crippen molar-refractivity contribution >= 4 is 12.7 Å². The van der Waals surface area contributed by atoms with Crippen molar-refractivity contribution in [1.29, 1.82) is 0 Å². The lowest BCUT2D eigenvalue weighted by molar-refractivity contribution is 0.697. The van der Waals surface area contributed by atoms with Gasteiger partial charge in [0.2, 0.25) is 0 Å². The van der Waals surface area contributed by atoms with Gasteiger partial charge >= 0.3 is 7.12 Å². The van der Waals surface area contributed by atoms with Crippen molar-refractivity contribution in [3.63, 3.8) is 0 Å². The summed E-state index contributed by atoms with van der Waals surface area (Å²) in [7, 11) is -1.04. The molecule has 0 atom stereocenters. The summed E-state index contributed by atoms with van der Waals surface area (Å²) in [6.07, 6.45) is 6.23. The zero-order chi connectivity index (χ0) is 19.1. The lowest BCUT2D eigenvalue weighted by atomic mass is 9.87. The standard InChI is InChI=1S/C21H34BFN2/c1-15(2)13-16(3)19(6)20(11-9-8-10-12-24)21-17(4)14-18(5)25(21)22(7)23/h13-14H,1,8-12,24H2,2-7H3/b16-13-,20-19+. The normalized spacial score (nSPS) is 13.0. The molecule has 25 heavy (non-hydrogen) atoms. The number of rotatable bonds is 9. The molecule has 0 aliphatic rings. The number of aryl methyl sites for hydroxylation is 2. The summed E-state index contributed by atoms with van der Waals surface area (Å²) in [6.45, 7) is 16.6. The maximum absolute atomic E-state index is 14.3. The van der Waals surface area contributed by atoms with Crippen molar-refractivity contribution in [2.45, 2.75) is 67.1 Å². The van der Waals surface area contributed by atoms with Gasteiger partial charge in [0.1, 0.15) is 0 Å². The summed E-state index contributed by atoms with van der Waals surface area (Å²) < 4.78 is 16.2. The molecule has 0 aromatic carbocycles. The van der Waals surface area contributed by atoms with Crippen molar-refractivity contribution in [2.75, 3.05) is 6.54 Å². The molecule has 0 aliphatic carbocycles. The van der Waals surface area contributed by atoms with E-state index >= 15 is 0 Å². The first kappa shape index (κ1) is 21.5. The third-order valence-electron chi connectivity index (χ3n) is 4.70. The Hall–Kier alpha value is -1.55. The van der Waals surface area contributed by atoms with Gasteiger partial charge in [-0.2, -0.15) is 0 Å². The number of nitrogens with two attached hydrogens (primary N) is 1. The molecule has 0 amide bonds. The number of allylic oxidation sites excluding steroid dienone is 5. The van der Waals surface area contributed by atoms with E-state index in [0.29, 0.717) is 0 Å². The van der Waals surface area contributed by atoms with Crippen LogP contribution in [0.25, 0.3) is 5.57 Å². The van der Waals surface area contributed by atoms with Crippen LogP contribution in [0.5, 0.6) is 0 Å². The van der Waals surface area contributed by atoms with Crippen molar-refractivity contribution < 1.29 is 4.32 Å². The Morgan fingerprint density at radius 2 is 1.88 bits per heavy atom. The van der Waals surface area contributed by atoms with Gasteiger partial charge in [-0.05, 0) is 95.6 Å². The van der Waals surface area contributed by atoms with Crippen LogP contribution in [0.15, 0.2) is 35.4 Å². The summed E-state index contributed by atoms with van der Waals surface area (Å²) in [5, 5.41) is 0.